The Labute approximate surface area is 117 Å². The minimum atomic E-state index is 0.364. The predicted octanol–water partition coefficient (Wildman–Crippen LogP) is 3.08. The molecule has 2 N–H and O–H groups in total. The smallest absolute Gasteiger partial charge is 0.222 e. The SMILES string of the molecule is CCN(C(=O)CCC1CCCC1)C1CCC(N)CC1. The Balaban J connectivity index is 1.77. The van der Waals surface area contributed by atoms with Gasteiger partial charge in [-0.1, -0.05) is 25.7 Å². The van der Waals surface area contributed by atoms with Gasteiger partial charge in [-0.2, -0.15) is 0 Å². The summed E-state index contributed by atoms with van der Waals surface area (Å²) in [5, 5.41) is 0. The van der Waals surface area contributed by atoms with Gasteiger partial charge in [0.05, 0.1) is 0 Å². The van der Waals surface area contributed by atoms with Gasteiger partial charge in [-0.25, -0.2) is 0 Å². The monoisotopic (exact) mass is 266 g/mol. The summed E-state index contributed by atoms with van der Waals surface area (Å²) in [4.78, 5) is 14.5. The van der Waals surface area contributed by atoms with Gasteiger partial charge in [0, 0.05) is 25.0 Å². The molecule has 2 rings (SSSR count). The minimum Gasteiger partial charge on any atom is -0.340 e. The number of carbonyl (C=O) groups excluding carboxylic acids is 1. The first-order chi connectivity index (χ1) is 9.20. The number of nitrogens with zero attached hydrogens (tertiary/aromatic N) is 1. The second-order valence-electron chi connectivity index (χ2n) is 6.44. The Morgan fingerprint density at radius 1 is 1.11 bits per heavy atom. The van der Waals surface area contributed by atoms with Crippen LogP contribution in [0.25, 0.3) is 0 Å². The standard InChI is InChI=1S/C16H30N2O/c1-2-18(15-10-8-14(17)9-11-15)16(19)12-7-13-5-3-4-6-13/h13-15H,2-12,17H2,1H3. The largest absolute Gasteiger partial charge is 0.340 e. The van der Waals surface area contributed by atoms with Crippen molar-refractivity contribution in [3.8, 4) is 0 Å². The molecule has 0 aromatic rings. The Morgan fingerprint density at radius 3 is 2.32 bits per heavy atom. The molecule has 0 aliphatic heterocycles. The van der Waals surface area contributed by atoms with Crippen LogP contribution in [0.4, 0.5) is 0 Å². The molecule has 3 nitrogen and oxygen atoms in total. The van der Waals surface area contributed by atoms with E-state index in [-0.39, 0.29) is 0 Å². The van der Waals surface area contributed by atoms with Crippen molar-refractivity contribution in [1.82, 2.24) is 4.90 Å². The first-order valence-corrected chi connectivity index (χ1v) is 8.25. The molecule has 0 heterocycles. The molecular weight excluding hydrogens is 236 g/mol. The lowest BCUT2D eigenvalue weighted by atomic mass is 9.90. The average molecular weight is 266 g/mol. The van der Waals surface area contributed by atoms with Crippen LogP contribution >= 0.6 is 0 Å². The predicted molar refractivity (Wildman–Crippen MR) is 78.8 cm³/mol. The summed E-state index contributed by atoms with van der Waals surface area (Å²) in [5.74, 6) is 1.21. The lowest BCUT2D eigenvalue weighted by molar-refractivity contribution is -0.134. The van der Waals surface area contributed by atoms with Crippen molar-refractivity contribution >= 4 is 5.91 Å². The van der Waals surface area contributed by atoms with Crippen LogP contribution in [0.2, 0.25) is 0 Å². The van der Waals surface area contributed by atoms with Crippen LogP contribution in [0, 0.1) is 5.92 Å². The number of nitrogens with two attached hydrogens (primary N) is 1. The molecule has 0 atom stereocenters. The van der Waals surface area contributed by atoms with Gasteiger partial charge < -0.3 is 10.6 Å². The fourth-order valence-electron chi connectivity index (χ4n) is 3.82. The van der Waals surface area contributed by atoms with Crippen LogP contribution in [0.5, 0.6) is 0 Å². The molecule has 0 bridgehead atoms. The number of hydrogen-bond donors (Lipinski definition) is 1. The van der Waals surface area contributed by atoms with E-state index in [4.69, 9.17) is 5.73 Å². The zero-order valence-electron chi connectivity index (χ0n) is 12.4. The second-order valence-corrected chi connectivity index (χ2v) is 6.44. The van der Waals surface area contributed by atoms with Crippen LogP contribution < -0.4 is 5.73 Å². The maximum atomic E-state index is 12.4. The summed E-state index contributed by atoms with van der Waals surface area (Å²) in [6.45, 7) is 2.98. The third kappa shape index (κ3) is 4.20. The van der Waals surface area contributed by atoms with E-state index in [1.165, 1.54) is 25.7 Å². The maximum absolute atomic E-state index is 12.4. The molecule has 2 saturated carbocycles. The highest BCUT2D eigenvalue weighted by Crippen LogP contribution is 2.29. The Morgan fingerprint density at radius 2 is 1.74 bits per heavy atom. The summed E-state index contributed by atoms with van der Waals surface area (Å²) < 4.78 is 0. The molecule has 0 aromatic carbocycles. The van der Waals surface area contributed by atoms with Crippen molar-refractivity contribution in [2.75, 3.05) is 6.54 Å². The molecule has 0 spiro atoms. The van der Waals surface area contributed by atoms with Crippen molar-refractivity contribution in [3.63, 3.8) is 0 Å². The molecule has 2 fully saturated rings. The van der Waals surface area contributed by atoms with Gasteiger partial charge in [-0.05, 0) is 44.9 Å². The zero-order valence-corrected chi connectivity index (χ0v) is 12.4. The average Bonchev–Trinajstić information content (AvgIpc) is 2.92. The van der Waals surface area contributed by atoms with E-state index in [2.05, 4.69) is 11.8 Å². The molecule has 110 valence electrons. The summed E-state index contributed by atoms with van der Waals surface area (Å²) in [6, 6.07) is 0.824. The molecule has 2 aliphatic carbocycles. The van der Waals surface area contributed by atoms with Crippen LogP contribution in [0.3, 0.4) is 0 Å². The molecule has 1 amide bonds. The van der Waals surface area contributed by atoms with Gasteiger partial charge in [-0.3, -0.25) is 4.79 Å². The highest BCUT2D eigenvalue weighted by molar-refractivity contribution is 5.76. The number of hydrogen-bond acceptors (Lipinski definition) is 2. The van der Waals surface area contributed by atoms with E-state index >= 15 is 0 Å². The minimum absolute atomic E-state index is 0.364. The van der Waals surface area contributed by atoms with E-state index in [9.17, 15) is 4.79 Å². The quantitative estimate of drug-likeness (QED) is 0.831. The Kier molecular flexibility index (Phi) is 5.68. The van der Waals surface area contributed by atoms with E-state index < -0.39 is 0 Å². The Hall–Kier alpha value is -0.570. The van der Waals surface area contributed by atoms with Crippen molar-refractivity contribution in [2.45, 2.75) is 83.2 Å². The normalized spacial score (nSPS) is 28.5. The highest BCUT2D eigenvalue weighted by Gasteiger charge is 2.27. The lowest BCUT2D eigenvalue weighted by Crippen LogP contribution is -2.44. The second kappa shape index (κ2) is 7.28. The molecular formula is C16H30N2O. The summed E-state index contributed by atoms with van der Waals surface area (Å²) >= 11 is 0. The van der Waals surface area contributed by atoms with Gasteiger partial charge in [0.2, 0.25) is 5.91 Å². The fourth-order valence-corrected chi connectivity index (χ4v) is 3.82. The van der Waals surface area contributed by atoms with Gasteiger partial charge in [0.1, 0.15) is 0 Å². The zero-order chi connectivity index (χ0) is 13.7. The van der Waals surface area contributed by atoms with E-state index in [1.54, 1.807) is 0 Å². The molecule has 0 radical (unpaired) electrons. The van der Waals surface area contributed by atoms with E-state index in [1.807, 2.05) is 0 Å². The molecule has 3 heteroatoms. The van der Waals surface area contributed by atoms with Gasteiger partial charge in [0.15, 0.2) is 0 Å². The molecule has 19 heavy (non-hydrogen) atoms. The molecule has 2 aliphatic rings. The summed E-state index contributed by atoms with van der Waals surface area (Å²) in [5.41, 5.74) is 5.95. The molecule has 0 unspecified atom stereocenters. The third-order valence-corrected chi connectivity index (χ3v) is 5.08. The fraction of sp³-hybridized carbons (Fsp3) is 0.938. The highest BCUT2D eigenvalue weighted by atomic mass is 16.2. The van der Waals surface area contributed by atoms with Gasteiger partial charge in [0.25, 0.3) is 0 Å². The Bertz CT molecular complexity index is 278. The number of carbonyl (C=O) groups is 1. The molecule has 0 saturated heterocycles. The number of amides is 1. The maximum Gasteiger partial charge on any atom is 0.222 e. The van der Waals surface area contributed by atoms with Crippen LogP contribution in [-0.2, 0) is 4.79 Å². The summed E-state index contributed by atoms with van der Waals surface area (Å²) in [7, 11) is 0. The number of rotatable bonds is 5. The van der Waals surface area contributed by atoms with E-state index in [0.717, 1.165) is 51.0 Å². The van der Waals surface area contributed by atoms with Crippen molar-refractivity contribution in [2.24, 2.45) is 11.7 Å². The van der Waals surface area contributed by atoms with Crippen molar-refractivity contribution in [3.05, 3.63) is 0 Å². The van der Waals surface area contributed by atoms with Crippen molar-refractivity contribution in [1.29, 1.82) is 0 Å². The van der Waals surface area contributed by atoms with Crippen LogP contribution in [0.1, 0.15) is 71.1 Å². The third-order valence-electron chi connectivity index (χ3n) is 5.08. The van der Waals surface area contributed by atoms with Gasteiger partial charge in [-0.15, -0.1) is 0 Å². The first-order valence-electron chi connectivity index (χ1n) is 8.25. The topological polar surface area (TPSA) is 46.3 Å². The van der Waals surface area contributed by atoms with Crippen LogP contribution in [0.15, 0.2) is 0 Å². The molecule has 0 aromatic heterocycles. The summed E-state index contributed by atoms with van der Waals surface area (Å²) in [6.07, 6.45) is 11.7. The lowest BCUT2D eigenvalue weighted by Gasteiger charge is -2.35. The van der Waals surface area contributed by atoms with E-state index in [0.29, 0.717) is 18.0 Å². The van der Waals surface area contributed by atoms with Crippen molar-refractivity contribution < 1.29 is 4.79 Å². The van der Waals surface area contributed by atoms with Gasteiger partial charge >= 0.3 is 0 Å². The van der Waals surface area contributed by atoms with Crippen LogP contribution in [-0.4, -0.2) is 29.4 Å². The first kappa shape index (κ1) is 14.8.